The minimum Gasteiger partial charge on any atom is -0.488 e. The third-order valence-electron chi connectivity index (χ3n) is 6.68. The fraction of sp³-hybridized carbons (Fsp3) is 0.516. The first-order valence-corrected chi connectivity index (χ1v) is 13.7. The van der Waals surface area contributed by atoms with Crippen LogP contribution in [-0.2, 0) is 29.3 Å². The van der Waals surface area contributed by atoms with Crippen LogP contribution in [0.1, 0.15) is 67.6 Å². The fourth-order valence-corrected chi connectivity index (χ4v) is 4.80. The van der Waals surface area contributed by atoms with E-state index >= 15 is 4.39 Å². The maximum atomic E-state index is 15.6. The standard InChI is InChI=1S/C31H44FN3O6/c1-22(38)16-35(21-30(2,3)4)17-23-10-7-12-25(28(23)32)20-41-27-13-8-11-24(19-37)26(27)18-34(6)31(40,14-9-15-36)29(39)33-5/h7-8,10-13,15,19,22,38,40H,9,14,16-18,20-21H2,1-6H3,(H,33,39). The normalized spacial score (nSPS) is 14.0. The molecule has 3 N–H and O–H groups in total. The van der Waals surface area contributed by atoms with Gasteiger partial charge in [-0.2, -0.15) is 0 Å². The van der Waals surface area contributed by atoms with E-state index in [1.165, 1.54) is 19.0 Å². The number of aliphatic hydroxyl groups excluding tert-OH is 1. The lowest BCUT2D eigenvalue weighted by Crippen LogP contribution is -2.56. The molecule has 0 aliphatic heterocycles. The van der Waals surface area contributed by atoms with Gasteiger partial charge in [-0.3, -0.25) is 19.4 Å². The molecular weight excluding hydrogens is 529 g/mol. The van der Waals surface area contributed by atoms with Crippen molar-refractivity contribution in [2.24, 2.45) is 5.41 Å². The lowest BCUT2D eigenvalue weighted by Gasteiger charge is -2.35. The zero-order chi connectivity index (χ0) is 30.8. The molecule has 0 bridgehead atoms. The van der Waals surface area contributed by atoms with Crippen LogP contribution in [0.4, 0.5) is 4.39 Å². The number of nitrogens with one attached hydrogen (secondary N) is 1. The molecular formula is C31H44FN3O6. The van der Waals surface area contributed by atoms with E-state index in [-0.39, 0.29) is 37.0 Å². The Bertz CT molecular complexity index is 1180. The van der Waals surface area contributed by atoms with Crippen LogP contribution in [0.3, 0.4) is 0 Å². The van der Waals surface area contributed by atoms with Crippen LogP contribution in [0.2, 0.25) is 0 Å². The van der Waals surface area contributed by atoms with Gasteiger partial charge >= 0.3 is 0 Å². The van der Waals surface area contributed by atoms with E-state index in [0.717, 1.165) is 0 Å². The predicted molar refractivity (Wildman–Crippen MR) is 155 cm³/mol. The van der Waals surface area contributed by atoms with E-state index in [2.05, 4.69) is 26.1 Å². The molecule has 0 radical (unpaired) electrons. The number of hydrogen-bond donors (Lipinski definition) is 3. The molecule has 0 aliphatic rings. The highest BCUT2D eigenvalue weighted by atomic mass is 19.1. The molecule has 9 nitrogen and oxygen atoms in total. The first kappa shape index (κ1) is 34.0. The summed E-state index contributed by atoms with van der Waals surface area (Å²) < 4.78 is 21.6. The number of amides is 1. The molecule has 0 fully saturated rings. The molecule has 2 aromatic carbocycles. The van der Waals surface area contributed by atoms with Crippen LogP contribution < -0.4 is 10.1 Å². The van der Waals surface area contributed by atoms with Crippen molar-refractivity contribution in [3.8, 4) is 5.75 Å². The minimum atomic E-state index is -2.01. The van der Waals surface area contributed by atoms with Crippen molar-refractivity contribution in [2.45, 2.75) is 72.1 Å². The summed E-state index contributed by atoms with van der Waals surface area (Å²) in [6.07, 6.45) is 0.504. The Morgan fingerprint density at radius 3 is 2.37 bits per heavy atom. The number of carbonyl (C=O) groups excluding carboxylic acids is 3. The second kappa shape index (κ2) is 15.2. The molecule has 10 heteroatoms. The Morgan fingerprint density at radius 2 is 1.78 bits per heavy atom. The Labute approximate surface area is 242 Å². The van der Waals surface area contributed by atoms with E-state index in [4.69, 9.17) is 4.74 Å². The summed E-state index contributed by atoms with van der Waals surface area (Å²) in [5, 5.41) is 23.5. The van der Waals surface area contributed by atoms with Crippen molar-refractivity contribution in [2.75, 3.05) is 27.2 Å². The number of carbonyl (C=O) groups is 3. The summed E-state index contributed by atoms with van der Waals surface area (Å²) in [5.41, 5.74) is -0.565. The van der Waals surface area contributed by atoms with Crippen LogP contribution in [0, 0.1) is 11.2 Å². The monoisotopic (exact) mass is 573 g/mol. The number of nitrogens with zero attached hydrogens (tertiary/aromatic N) is 2. The molecule has 0 saturated heterocycles. The van der Waals surface area contributed by atoms with E-state index in [1.54, 1.807) is 43.3 Å². The number of aldehydes is 2. The summed E-state index contributed by atoms with van der Waals surface area (Å²) in [4.78, 5) is 38.7. The summed E-state index contributed by atoms with van der Waals surface area (Å²) in [6.45, 7) is 9.17. The molecule has 2 aromatic rings. The molecule has 41 heavy (non-hydrogen) atoms. The molecule has 2 rings (SSSR count). The zero-order valence-electron chi connectivity index (χ0n) is 24.9. The molecule has 0 spiro atoms. The Kier molecular flexibility index (Phi) is 12.6. The summed E-state index contributed by atoms with van der Waals surface area (Å²) in [7, 11) is 2.89. The van der Waals surface area contributed by atoms with Crippen LogP contribution in [0.5, 0.6) is 5.75 Å². The number of benzene rings is 2. The number of halogens is 1. The van der Waals surface area contributed by atoms with Crippen molar-refractivity contribution < 1.29 is 33.7 Å². The van der Waals surface area contributed by atoms with Gasteiger partial charge in [-0.05, 0) is 25.5 Å². The second-order valence-electron chi connectivity index (χ2n) is 11.7. The maximum absolute atomic E-state index is 15.6. The van der Waals surface area contributed by atoms with Crippen LogP contribution >= 0.6 is 0 Å². The number of likely N-dealkylation sites (N-methyl/N-ethyl adjacent to an activating group) is 2. The maximum Gasteiger partial charge on any atom is 0.267 e. The lowest BCUT2D eigenvalue weighted by molar-refractivity contribution is -0.163. The van der Waals surface area contributed by atoms with E-state index in [0.29, 0.717) is 54.6 Å². The van der Waals surface area contributed by atoms with Gasteiger partial charge in [0.05, 0.1) is 6.10 Å². The number of rotatable bonds is 16. The van der Waals surface area contributed by atoms with E-state index in [1.807, 2.05) is 4.90 Å². The van der Waals surface area contributed by atoms with Crippen molar-refractivity contribution in [1.82, 2.24) is 15.1 Å². The van der Waals surface area contributed by atoms with Crippen molar-refractivity contribution in [3.05, 3.63) is 64.5 Å². The van der Waals surface area contributed by atoms with Crippen LogP contribution in [0.25, 0.3) is 0 Å². The third kappa shape index (κ3) is 9.71. The molecule has 0 saturated carbocycles. The fourth-order valence-electron chi connectivity index (χ4n) is 4.80. The summed E-state index contributed by atoms with van der Waals surface area (Å²) in [5.74, 6) is -0.808. The quantitative estimate of drug-likeness (QED) is 0.207. The molecule has 2 atom stereocenters. The van der Waals surface area contributed by atoms with Gasteiger partial charge in [0.2, 0.25) is 0 Å². The van der Waals surface area contributed by atoms with E-state index in [9.17, 15) is 24.6 Å². The number of hydrogen-bond acceptors (Lipinski definition) is 8. The lowest BCUT2D eigenvalue weighted by atomic mass is 9.95. The zero-order valence-corrected chi connectivity index (χ0v) is 24.9. The van der Waals surface area contributed by atoms with Gasteiger partial charge in [0.1, 0.15) is 24.5 Å². The van der Waals surface area contributed by atoms with Gasteiger partial charge in [-0.15, -0.1) is 0 Å². The van der Waals surface area contributed by atoms with Crippen LogP contribution in [-0.4, -0.2) is 77.5 Å². The minimum absolute atomic E-state index is 0.0452. The smallest absolute Gasteiger partial charge is 0.267 e. The average molecular weight is 574 g/mol. The average Bonchev–Trinajstić information content (AvgIpc) is 2.90. The molecule has 226 valence electrons. The van der Waals surface area contributed by atoms with Crippen molar-refractivity contribution in [1.29, 1.82) is 0 Å². The number of aliphatic hydroxyl groups is 2. The van der Waals surface area contributed by atoms with Crippen molar-refractivity contribution in [3.63, 3.8) is 0 Å². The van der Waals surface area contributed by atoms with Gasteiger partial charge in [0, 0.05) is 68.3 Å². The van der Waals surface area contributed by atoms with Gasteiger partial charge in [-0.25, -0.2) is 4.39 Å². The predicted octanol–water partition coefficient (Wildman–Crippen LogP) is 3.29. The van der Waals surface area contributed by atoms with Crippen molar-refractivity contribution >= 4 is 18.5 Å². The van der Waals surface area contributed by atoms with E-state index < -0.39 is 23.6 Å². The summed E-state index contributed by atoms with van der Waals surface area (Å²) in [6, 6.07) is 9.94. The largest absolute Gasteiger partial charge is 0.488 e. The topological polar surface area (TPSA) is 119 Å². The molecule has 0 heterocycles. The SMILES string of the molecule is CNC(=O)C(O)(CCC=O)N(C)Cc1c(C=O)cccc1OCc1cccc(CN(CC(C)O)CC(C)(C)C)c1F. The highest BCUT2D eigenvalue weighted by Gasteiger charge is 2.39. The Hall–Kier alpha value is -3.18. The summed E-state index contributed by atoms with van der Waals surface area (Å²) >= 11 is 0. The first-order chi connectivity index (χ1) is 19.2. The molecule has 1 amide bonds. The second-order valence-corrected chi connectivity index (χ2v) is 11.7. The van der Waals surface area contributed by atoms with Gasteiger partial charge < -0.3 is 25.1 Å². The van der Waals surface area contributed by atoms with Gasteiger partial charge in [0.15, 0.2) is 12.0 Å². The Morgan fingerprint density at radius 1 is 1.12 bits per heavy atom. The van der Waals surface area contributed by atoms with Gasteiger partial charge in [0.25, 0.3) is 5.91 Å². The third-order valence-corrected chi connectivity index (χ3v) is 6.68. The van der Waals surface area contributed by atoms with Crippen LogP contribution in [0.15, 0.2) is 36.4 Å². The molecule has 0 aliphatic carbocycles. The highest BCUT2D eigenvalue weighted by Crippen LogP contribution is 2.29. The molecule has 2 unspecified atom stereocenters. The first-order valence-electron chi connectivity index (χ1n) is 13.7. The Balaban J connectivity index is 2.32. The van der Waals surface area contributed by atoms with Gasteiger partial charge in [-0.1, -0.05) is 51.1 Å². The molecule has 0 aromatic heterocycles. The highest BCUT2D eigenvalue weighted by molar-refractivity contribution is 5.84. The number of ether oxygens (including phenoxy) is 1.